The lowest BCUT2D eigenvalue weighted by Gasteiger charge is -2.14. The summed E-state index contributed by atoms with van der Waals surface area (Å²) in [7, 11) is 1.72. The van der Waals surface area contributed by atoms with E-state index >= 15 is 0 Å². The zero-order valence-electron chi connectivity index (χ0n) is 12.3. The summed E-state index contributed by atoms with van der Waals surface area (Å²) in [5.74, 6) is 1.00. The van der Waals surface area contributed by atoms with Gasteiger partial charge in [0.05, 0.1) is 11.7 Å². The summed E-state index contributed by atoms with van der Waals surface area (Å²) in [6, 6.07) is 2.95. The van der Waals surface area contributed by atoms with Crippen molar-refractivity contribution in [1.82, 2.24) is 15.5 Å². The molecule has 0 saturated carbocycles. The largest absolute Gasteiger partial charge is 0.373 e. The van der Waals surface area contributed by atoms with Gasteiger partial charge >= 0.3 is 0 Å². The summed E-state index contributed by atoms with van der Waals surface area (Å²) in [6.45, 7) is 5.55. The van der Waals surface area contributed by atoms with E-state index in [-0.39, 0.29) is 17.1 Å². The Morgan fingerprint density at radius 2 is 2.10 bits per heavy atom. The molecule has 2 aromatic heterocycles. The van der Waals surface area contributed by atoms with E-state index in [1.165, 1.54) is 6.07 Å². The minimum absolute atomic E-state index is 0.214. The van der Waals surface area contributed by atoms with E-state index in [0.29, 0.717) is 17.1 Å². The summed E-state index contributed by atoms with van der Waals surface area (Å²) in [4.78, 5) is 16.4. The van der Waals surface area contributed by atoms with Gasteiger partial charge in [-0.3, -0.25) is 4.79 Å². The van der Waals surface area contributed by atoms with Crippen molar-refractivity contribution < 1.29 is 9.32 Å². The zero-order chi connectivity index (χ0) is 15.6. The smallest absolute Gasteiger partial charge is 0.252 e. The standard InChI is InChI=1S/C14H17ClN4O2/c1-7(13-8(2)19-21-9(13)3)17-14(20)10-5-11(15)18-12(6-10)16-4/h5-7H,1-4H3,(H,16,18)(H,17,20). The van der Waals surface area contributed by atoms with Gasteiger partial charge in [-0.2, -0.15) is 0 Å². The Hall–Kier alpha value is -2.08. The average Bonchev–Trinajstić information content (AvgIpc) is 2.77. The van der Waals surface area contributed by atoms with Gasteiger partial charge in [0.25, 0.3) is 5.91 Å². The van der Waals surface area contributed by atoms with Crippen LogP contribution < -0.4 is 10.6 Å². The van der Waals surface area contributed by atoms with Crippen LogP contribution in [0.15, 0.2) is 16.7 Å². The van der Waals surface area contributed by atoms with Crippen LogP contribution in [0, 0.1) is 13.8 Å². The number of nitrogens with one attached hydrogen (secondary N) is 2. The first-order valence-corrected chi connectivity index (χ1v) is 6.89. The molecule has 0 aliphatic heterocycles. The Morgan fingerprint density at radius 1 is 1.38 bits per heavy atom. The van der Waals surface area contributed by atoms with Crippen LogP contribution in [0.5, 0.6) is 0 Å². The molecule has 0 saturated heterocycles. The van der Waals surface area contributed by atoms with Crippen LogP contribution in [0.4, 0.5) is 5.82 Å². The number of nitrogens with zero attached hydrogens (tertiary/aromatic N) is 2. The van der Waals surface area contributed by atoms with Crippen molar-refractivity contribution in [2.24, 2.45) is 0 Å². The molecule has 0 radical (unpaired) electrons. The lowest BCUT2D eigenvalue weighted by Crippen LogP contribution is -2.27. The predicted molar refractivity (Wildman–Crippen MR) is 80.7 cm³/mol. The van der Waals surface area contributed by atoms with Crippen molar-refractivity contribution >= 4 is 23.3 Å². The summed E-state index contributed by atoms with van der Waals surface area (Å²) in [5, 5.41) is 9.92. The van der Waals surface area contributed by atoms with E-state index in [0.717, 1.165) is 11.3 Å². The number of hydrogen-bond acceptors (Lipinski definition) is 5. The summed E-state index contributed by atoms with van der Waals surface area (Å²) < 4.78 is 5.12. The number of amides is 1. The van der Waals surface area contributed by atoms with Gasteiger partial charge in [-0.1, -0.05) is 16.8 Å². The Balaban J connectivity index is 2.20. The van der Waals surface area contributed by atoms with Crippen LogP contribution in [-0.2, 0) is 0 Å². The first-order chi connectivity index (χ1) is 9.92. The third kappa shape index (κ3) is 3.33. The summed E-state index contributed by atoms with van der Waals surface area (Å²) >= 11 is 5.90. The molecule has 112 valence electrons. The van der Waals surface area contributed by atoms with E-state index in [1.54, 1.807) is 13.1 Å². The van der Waals surface area contributed by atoms with Gasteiger partial charge in [-0.05, 0) is 32.9 Å². The molecule has 0 fully saturated rings. The second-order valence-electron chi connectivity index (χ2n) is 4.75. The molecule has 0 aliphatic rings. The lowest BCUT2D eigenvalue weighted by molar-refractivity contribution is 0.0939. The molecular formula is C14H17ClN4O2. The van der Waals surface area contributed by atoms with Gasteiger partial charge in [0.2, 0.25) is 0 Å². The zero-order valence-corrected chi connectivity index (χ0v) is 13.1. The first-order valence-electron chi connectivity index (χ1n) is 6.51. The molecule has 6 nitrogen and oxygen atoms in total. The number of aromatic nitrogens is 2. The summed E-state index contributed by atoms with van der Waals surface area (Å²) in [5.41, 5.74) is 2.10. The molecule has 0 aromatic carbocycles. The third-order valence-electron chi connectivity index (χ3n) is 3.18. The maximum Gasteiger partial charge on any atom is 0.252 e. The highest BCUT2D eigenvalue weighted by molar-refractivity contribution is 6.29. The molecule has 0 aliphatic carbocycles. The van der Waals surface area contributed by atoms with Gasteiger partial charge < -0.3 is 15.2 Å². The Morgan fingerprint density at radius 3 is 2.67 bits per heavy atom. The normalized spacial score (nSPS) is 12.0. The molecule has 21 heavy (non-hydrogen) atoms. The summed E-state index contributed by atoms with van der Waals surface area (Å²) in [6.07, 6.45) is 0. The molecule has 2 aromatic rings. The lowest BCUT2D eigenvalue weighted by atomic mass is 10.1. The van der Waals surface area contributed by atoms with E-state index in [2.05, 4.69) is 20.8 Å². The van der Waals surface area contributed by atoms with Crippen LogP contribution in [0.2, 0.25) is 5.15 Å². The van der Waals surface area contributed by atoms with E-state index in [1.807, 2.05) is 20.8 Å². The van der Waals surface area contributed by atoms with Gasteiger partial charge in [0.1, 0.15) is 16.7 Å². The first kappa shape index (κ1) is 15.3. The number of aryl methyl sites for hydroxylation is 2. The van der Waals surface area contributed by atoms with Crippen LogP contribution in [0.25, 0.3) is 0 Å². The topological polar surface area (TPSA) is 80.0 Å². The molecule has 1 amide bonds. The molecule has 2 heterocycles. The minimum atomic E-state index is -0.233. The Kier molecular flexibility index (Phi) is 4.47. The van der Waals surface area contributed by atoms with Crippen molar-refractivity contribution in [2.75, 3.05) is 12.4 Å². The minimum Gasteiger partial charge on any atom is -0.373 e. The third-order valence-corrected chi connectivity index (χ3v) is 3.38. The van der Waals surface area contributed by atoms with E-state index in [4.69, 9.17) is 16.1 Å². The van der Waals surface area contributed by atoms with Crippen molar-refractivity contribution in [1.29, 1.82) is 0 Å². The molecule has 2 N–H and O–H groups in total. The van der Waals surface area contributed by atoms with Crippen molar-refractivity contribution in [3.8, 4) is 0 Å². The second kappa shape index (κ2) is 6.13. The highest BCUT2D eigenvalue weighted by Gasteiger charge is 2.19. The Bertz CT molecular complexity index is 649. The highest BCUT2D eigenvalue weighted by Crippen LogP contribution is 2.22. The van der Waals surface area contributed by atoms with E-state index in [9.17, 15) is 4.79 Å². The van der Waals surface area contributed by atoms with E-state index < -0.39 is 0 Å². The monoisotopic (exact) mass is 308 g/mol. The van der Waals surface area contributed by atoms with Crippen LogP contribution >= 0.6 is 11.6 Å². The number of carbonyl (C=O) groups is 1. The van der Waals surface area contributed by atoms with Crippen molar-refractivity contribution in [3.05, 3.63) is 39.9 Å². The Labute approximate surface area is 127 Å². The van der Waals surface area contributed by atoms with Crippen LogP contribution in [-0.4, -0.2) is 23.1 Å². The molecule has 1 atom stereocenters. The number of pyridine rings is 1. The maximum absolute atomic E-state index is 12.3. The van der Waals surface area contributed by atoms with Gasteiger partial charge in [0.15, 0.2) is 0 Å². The number of anilines is 1. The van der Waals surface area contributed by atoms with Crippen LogP contribution in [0.1, 0.15) is 40.3 Å². The van der Waals surface area contributed by atoms with Gasteiger partial charge in [0, 0.05) is 18.2 Å². The molecular weight excluding hydrogens is 292 g/mol. The SMILES string of the molecule is CNc1cc(C(=O)NC(C)c2c(C)noc2C)cc(Cl)n1. The fourth-order valence-electron chi connectivity index (χ4n) is 2.22. The number of hydrogen-bond donors (Lipinski definition) is 2. The number of halogens is 1. The quantitative estimate of drug-likeness (QED) is 0.849. The van der Waals surface area contributed by atoms with Crippen molar-refractivity contribution in [2.45, 2.75) is 26.8 Å². The molecule has 7 heteroatoms. The van der Waals surface area contributed by atoms with Crippen LogP contribution in [0.3, 0.4) is 0 Å². The van der Waals surface area contributed by atoms with Crippen molar-refractivity contribution in [3.63, 3.8) is 0 Å². The molecule has 0 bridgehead atoms. The number of rotatable bonds is 4. The fourth-order valence-corrected chi connectivity index (χ4v) is 2.43. The molecule has 0 spiro atoms. The maximum atomic E-state index is 12.3. The van der Waals surface area contributed by atoms with Gasteiger partial charge in [-0.25, -0.2) is 4.98 Å². The average molecular weight is 309 g/mol. The fraction of sp³-hybridized carbons (Fsp3) is 0.357. The second-order valence-corrected chi connectivity index (χ2v) is 5.13. The van der Waals surface area contributed by atoms with Gasteiger partial charge in [-0.15, -0.1) is 0 Å². The molecule has 2 rings (SSSR count). The predicted octanol–water partition coefficient (Wildman–Crippen LogP) is 2.87. The molecule has 1 unspecified atom stereocenters. The highest BCUT2D eigenvalue weighted by atomic mass is 35.5. The number of carbonyl (C=O) groups excluding carboxylic acids is 1.